The molecular weight excluding hydrogens is 308 g/mol. The number of nitrogens with zero attached hydrogens (tertiary/aromatic N) is 1. The van der Waals surface area contributed by atoms with Gasteiger partial charge in [0.25, 0.3) is 0 Å². The Kier molecular flexibility index (Phi) is 6.07. The van der Waals surface area contributed by atoms with Gasteiger partial charge in [0.15, 0.2) is 0 Å². The second-order valence-electron chi connectivity index (χ2n) is 6.36. The molecule has 3 atom stereocenters. The molecule has 2 saturated heterocycles. The molecule has 1 aromatic rings. The Hall–Kier alpha value is -1.63. The molecule has 6 heteroatoms. The van der Waals surface area contributed by atoms with Crippen LogP contribution in [-0.4, -0.2) is 62.1 Å². The number of nitrogens with one attached hydrogen (secondary N) is 1. The van der Waals surface area contributed by atoms with Gasteiger partial charge < -0.3 is 24.4 Å². The molecule has 0 bridgehead atoms. The normalized spacial score (nSPS) is 27.2. The monoisotopic (exact) mass is 334 g/mol. The lowest BCUT2D eigenvalue weighted by atomic mass is 10.1. The Balaban J connectivity index is 1.41. The molecule has 0 aromatic heterocycles. The van der Waals surface area contributed by atoms with E-state index in [0.717, 1.165) is 25.1 Å². The fourth-order valence-corrected chi connectivity index (χ4v) is 3.10. The highest BCUT2D eigenvalue weighted by molar-refractivity contribution is 5.67. The van der Waals surface area contributed by atoms with Gasteiger partial charge in [-0.25, -0.2) is 4.79 Å². The lowest BCUT2D eigenvalue weighted by molar-refractivity contribution is -0.0287. The van der Waals surface area contributed by atoms with Crippen molar-refractivity contribution in [2.24, 2.45) is 0 Å². The van der Waals surface area contributed by atoms with Crippen molar-refractivity contribution in [2.75, 3.05) is 32.8 Å². The molecule has 6 nitrogen and oxygen atoms in total. The number of carbonyl (C=O) groups is 1. The van der Waals surface area contributed by atoms with Crippen LogP contribution in [0.3, 0.4) is 0 Å². The fraction of sp³-hybridized carbons (Fsp3) is 0.611. The van der Waals surface area contributed by atoms with Gasteiger partial charge in [-0.3, -0.25) is 0 Å². The molecule has 2 heterocycles. The van der Waals surface area contributed by atoms with Crippen molar-refractivity contribution in [2.45, 2.75) is 38.2 Å². The Bertz CT molecular complexity index is 525. The van der Waals surface area contributed by atoms with Gasteiger partial charge in [0.05, 0.1) is 25.4 Å². The van der Waals surface area contributed by atoms with Gasteiger partial charge in [0.2, 0.25) is 0 Å². The summed E-state index contributed by atoms with van der Waals surface area (Å²) in [6.45, 7) is 5.60. The third-order valence-electron chi connectivity index (χ3n) is 4.59. The molecule has 1 N–H and O–H groups in total. The van der Waals surface area contributed by atoms with Crippen molar-refractivity contribution < 1.29 is 19.0 Å². The van der Waals surface area contributed by atoms with Crippen LogP contribution in [0.25, 0.3) is 0 Å². The van der Waals surface area contributed by atoms with Gasteiger partial charge in [0, 0.05) is 25.7 Å². The van der Waals surface area contributed by atoms with Crippen LogP contribution < -0.4 is 5.32 Å². The van der Waals surface area contributed by atoms with Crippen LogP contribution in [0.2, 0.25) is 0 Å². The number of benzene rings is 1. The van der Waals surface area contributed by atoms with E-state index in [2.05, 4.69) is 12.2 Å². The van der Waals surface area contributed by atoms with Crippen LogP contribution in [0.4, 0.5) is 4.79 Å². The Morgan fingerprint density at radius 2 is 2.12 bits per heavy atom. The molecule has 2 aliphatic heterocycles. The van der Waals surface area contributed by atoms with Crippen molar-refractivity contribution in [1.82, 2.24) is 10.2 Å². The lowest BCUT2D eigenvalue weighted by Gasteiger charge is -2.33. The molecule has 24 heavy (non-hydrogen) atoms. The fourth-order valence-electron chi connectivity index (χ4n) is 3.10. The Labute approximate surface area is 143 Å². The van der Waals surface area contributed by atoms with E-state index in [4.69, 9.17) is 14.2 Å². The van der Waals surface area contributed by atoms with Gasteiger partial charge in [-0.2, -0.15) is 0 Å². The molecule has 2 aliphatic rings. The van der Waals surface area contributed by atoms with Gasteiger partial charge >= 0.3 is 6.09 Å². The summed E-state index contributed by atoms with van der Waals surface area (Å²) >= 11 is 0. The first-order valence-corrected chi connectivity index (χ1v) is 8.64. The highest BCUT2D eigenvalue weighted by Crippen LogP contribution is 2.14. The SMILES string of the molecule is CC1OCCC1NCC1CN(C(=O)OCc2ccccc2)CCO1. The van der Waals surface area contributed by atoms with Crippen molar-refractivity contribution >= 4 is 6.09 Å². The highest BCUT2D eigenvalue weighted by Gasteiger charge is 2.28. The maximum atomic E-state index is 12.2. The second kappa shape index (κ2) is 8.46. The Morgan fingerprint density at radius 3 is 2.88 bits per heavy atom. The first kappa shape index (κ1) is 17.2. The summed E-state index contributed by atoms with van der Waals surface area (Å²) in [7, 11) is 0. The zero-order valence-electron chi connectivity index (χ0n) is 14.1. The number of ether oxygens (including phenoxy) is 3. The molecule has 2 fully saturated rings. The van der Waals surface area contributed by atoms with Crippen molar-refractivity contribution in [3.8, 4) is 0 Å². The average molecular weight is 334 g/mol. The molecular formula is C18H26N2O4. The maximum Gasteiger partial charge on any atom is 0.410 e. The number of hydrogen-bond donors (Lipinski definition) is 1. The van der Waals surface area contributed by atoms with E-state index in [0.29, 0.717) is 32.3 Å². The minimum Gasteiger partial charge on any atom is -0.445 e. The van der Waals surface area contributed by atoms with E-state index >= 15 is 0 Å². The molecule has 1 amide bonds. The first-order valence-electron chi connectivity index (χ1n) is 8.64. The summed E-state index contributed by atoms with van der Waals surface area (Å²) in [6.07, 6.45) is 0.984. The number of hydrogen-bond acceptors (Lipinski definition) is 5. The topological polar surface area (TPSA) is 60.0 Å². The van der Waals surface area contributed by atoms with Crippen LogP contribution in [0.5, 0.6) is 0 Å². The van der Waals surface area contributed by atoms with Crippen LogP contribution in [-0.2, 0) is 20.8 Å². The minimum absolute atomic E-state index is 0.00387. The van der Waals surface area contributed by atoms with E-state index in [9.17, 15) is 4.79 Å². The summed E-state index contributed by atoms with van der Waals surface area (Å²) in [5, 5.41) is 3.49. The lowest BCUT2D eigenvalue weighted by Crippen LogP contribution is -2.50. The number of morpholine rings is 1. The molecule has 3 unspecified atom stereocenters. The predicted molar refractivity (Wildman–Crippen MR) is 89.8 cm³/mol. The summed E-state index contributed by atoms with van der Waals surface area (Å²) in [4.78, 5) is 14.0. The van der Waals surface area contributed by atoms with Crippen molar-refractivity contribution in [3.63, 3.8) is 0 Å². The third-order valence-corrected chi connectivity index (χ3v) is 4.59. The summed E-state index contributed by atoms with van der Waals surface area (Å²) in [6, 6.07) is 10.1. The van der Waals surface area contributed by atoms with E-state index in [-0.39, 0.29) is 18.3 Å². The van der Waals surface area contributed by atoms with E-state index in [1.165, 1.54) is 0 Å². The van der Waals surface area contributed by atoms with Gasteiger partial charge in [-0.15, -0.1) is 0 Å². The quantitative estimate of drug-likeness (QED) is 0.890. The highest BCUT2D eigenvalue weighted by atomic mass is 16.6. The van der Waals surface area contributed by atoms with Gasteiger partial charge in [-0.05, 0) is 18.9 Å². The first-order chi connectivity index (χ1) is 11.7. The molecule has 132 valence electrons. The summed E-state index contributed by atoms with van der Waals surface area (Å²) in [5.74, 6) is 0. The standard InChI is InChI=1S/C18H26N2O4/c1-14-17(7-9-22-14)19-11-16-12-20(8-10-23-16)18(21)24-13-15-5-3-2-4-6-15/h2-6,14,16-17,19H,7-13H2,1H3. The Morgan fingerprint density at radius 1 is 1.29 bits per heavy atom. The molecule has 0 spiro atoms. The molecule has 0 aliphatic carbocycles. The van der Waals surface area contributed by atoms with Crippen LogP contribution in [0.1, 0.15) is 18.9 Å². The van der Waals surface area contributed by atoms with Gasteiger partial charge in [-0.1, -0.05) is 30.3 Å². The third kappa shape index (κ3) is 4.69. The van der Waals surface area contributed by atoms with Crippen LogP contribution in [0.15, 0.2) is 30.3 Å². The van der Waals surface area contributed by atoms with Gasteiger partial charge in [0.1, 0.15) is 6.61 Å². The largest absolute Gasteiger partial charge is 0.445 e. The second-order valence-corrected chi connectivity index (χ2v) is 6.36. The minimum atomic E-state index is -0.273. The van der Waals surface area contributed by atoms with E-state index in [1.54, 1.807) is 4.90 Å². The molecule has 3 rings (SSSR count). The zero-order valence-corrected chi connectivity index (χ0v) is 14.1. The van der Waals surface area contributed by atoms with Crippen molar-refractivity contribution in [3.05, 3.63) is 35.9 Å². The van der Waals surface area contributed by atoms with E-state index < -0.39 is 0 Å². The summed E-state index contributed by atoms with van der Waals surface area (Å²) in [5.41, 5.74) is 0.993. The average Bonchev–Trinajstić information content (AvgIpc) is 3.04. The van der Waals surface area contributed by atoms with Crippen LogP contribution >= 0.6 is 0 Å². The number of rotatable bonds is 5. The molecule has 1 aromatic carbocycles. The van der Waals surface area contributed by atoms with Crippen molar-refractivity contribution in [1.29, 1.82) is 0 Å². The smallest absolute Gasteiger partial charge is 0.410 e. The number of amides is 1. The van der Waals surface area contributed by atoms with E-state index in [1.807, 2.05) is 30.3 Å². The van der Waals surface area contributed by atoms with Crippen LogP contribution in [0, 0.1) is 0 Å². The molecule has 0 radical (unpaired) electrons. The maximum absolute atomic E-state index is 12.2. The molecule has 0 saturated carbocycles. The predicted octanol–water partition coefficient (Wildman–Crippen LogP) is 1.79. The number of carbonyl (C=O) groups excluding carboxylic acids is 1. The zero-order chi connectivity index (χ0) is 16.8. The summed E-state index contributed by atoms with van der Waals surface area (Å²) < 4.78 is 16.7.